The third-order valence-corrected chi connectivity index (χ3v) is 2.55. The topological polar surface area (TPSA) is 43.7 Å². The van der Waals surface area contributed by atoms with Crippen molar-refractivity contribution < 1.29 is 10.2 Å². The minimum Gasteiger partial charge on any atom is -0.495 e. The van der Waals surface area contributed by atoms with Gasteiger partial charge in [-0.3, -0.25) is 0 Å². The molecule has 0 rings (SSSR count). The van der Waals surface area contributed by atoms with Gasteiger partial charge in [0.05, 0.1) is 0 Å². The zero-order valence-electron chi connectivity index (χ0n) is 10.1. The van der Waals surface area contributed by atoms with Crippen molar-refractivity contribution in [2.24, 2.45) is 11.8 Å². The molecule has 0 aliphatic heterocycles. The molecule has 0 aromatic rings. The van der Waals surface area contributed by atoms with E-state index in [1.54, 1.807) is 7.05 Å². The maximum atomic E-state index is 9.82. The van der Waals surface area contributed by atoms with Crippen LogP contribution in [-0.2, 0) is 0 Å². The summed E-state index contributed by atoms with van der Waals surface area (Å²) in [6, 6.07) is 0. The van der Waals surface area contributed by atoms with Gasteiger partial charge in [0.1, 0.15) is 6.23 Å². The maximum Gasteiger partial charge on any atom is 0.187 e. The number of hydrogen-bond donors (Lipinski definition) is 2. The molecule has 3 heteroatoms. The summed E-state index contributed by atoms with van der Waals surface area (Å²) < 4.78 is 0. The van der Waals surface area contributed by atoms with Crippen molar-refractivity contribution in [1.82, 2.24) is 4.90 Å². The molecule has 0 aromatic carbocycles. The van der Waals surface area contributed by atoms with E-state index in [0.29, 0.717) is 0 Å². The quantitative estimate of drug-likeness (QED) is 0.542. The molecular formula is C11H23NO2. The van der Waals surface area contributed by atoms with Gasteiger partial charge in [-0.1, -0.05) is 27.7 Å². The third-order valence-electron chi connectivity index (χ3n) is 2.55. The molecule has 0 aliphatic rings. The Hall–Kier alpha value is -0.700. The zero-order valence-corrected chi connectivity index (χ0v) is 10.1. The summed E-state index contributed by atoms with van der Waals surface area (Å²) in [5, 5.41) is 19.5. The number of rotatable bonds is 4. The van der Waals surface area contributed by atoms with Crippen molar-refractivity contribution >= 4 is 0 Å². The van der Waals surface area contributed by atoms with Gasteiger partial charge in [-0.15, -0.1) is 0 Å². The lowest BCUT2D eigenvalue weighted by Crippen LogP contribution is -2.35. The van der Waals surface area contributed by atoms with E-state index in [2.05, 4.69) is 0 Å². The number of aliphatic hydroxyl groups is 2. The highest BCUT2D eigenvalue weighted by atomic mass is 16.3. The maximum absolute atomic E-state index is 9.82. The molecule has 0 spiro atoms. The Kier molecular flexibility index (Phi) is 4.99. The van der Waals surface area contributed by atoms with Gasteiger partial charge in [-0.05, 0) is 24.3 Å². The van der Waals surface area contributed by atoms with E-state index in [4.69, 9.17) is 0 Å². The Labute approximate surface area is 87.0 Å². The first-order valence-electron chi connectivity index (χ1n) is 5.09. The molecule has 0 saturated heterocycles. The normalized spacial score (nSPS) is 15.8. The molecule has 1 atom stereocenters. The second-order valence-electron chi connectivity index (χ2n) is 4.43. The highest BCUT2D eigenvalue weighted by Gasteiger charge is 2.19. The van der Waals surface area contributed by atoms with Crippen LogP contribution in [0.25, 0.3) is 0 Å². The first-order valence-corrected chi connectivity index (χ1v) is 5.09. The average molecular weight is 201 g/mol. The number of hydrogen-bond acceptors (Lipinski definition) is 3. The predicted molar refractivity (Wildman–Crippen MR) is 58.8 cm³/mol. The van der Waals surface area contributed by atoms with Gasteiger partial charge in [0.25, 0.3) is 0 Å². The summed E-state index contributed by atoms with van der Waals surface area (Å²) in [4.78, 5) is 1.51. The van der Waals surface area contributed by atoms with Crippen molar-refractivity contribution in [1.29, 1.82) is 0 Å². The minimum atomic E-state index is -0.635. The van der Waals surface area contributed by atoms with Gasteiger partial charge in [-0.2, -0.15) is 0 Å². The number of aliphatic hydroxyl groups excluding tert-OH is 2. The van der Waals surface area contributed by atoms with Gasteiger partial charge >= 0.3 is 0 Å². The molecule has 0 amide bonds. The highest BCUT2D eigenvalue weighted by Crippen LogP contribution is 2.18. The molecule has 0 aliphatic carbocycles. The van der Waals surface area contributed by atoms with Gasteiger partial charge in [0.15, 0.2) is 5.88 Å². The van der Waals surface area contributed by atoms with Gasteiger partial charge in [0.2, 0.25) is 0 Å². The van der Waals surface area contributed by atoms with E-state index in [1.807, 2.05) is 34.6 Å². The largest absolute Gasteiger partial charge is 0.495 e. The molecule has 14 heavy (non-hydrogen) atoms. The van der Waals surface area contributed by atoms with E-state index in [1.165, 1.54) is 4.90 Å². The van der Waals surface area contributed by atoms with Crippen LogP contribution in [0.4, 0.5) is 0 Å². The fraction of sp³-hybridized carbons (Fsp3) is 0.818. The molecule has 0 radical (unpaired) electrons. The number of allylic oxidation sites excluding steroid dienone is 1. The Morgan fingerprint density at radius 1 is 1.14 bits per heavy atom. The lowest BCUT2D eigenvalue weighted by atomic mass is 10.1. The molecule has 0 fully saturated rings. The van der Waals surface area contributed by atoms with Gasteiger partial charge in [-0.25, -0.2) is 0 Å². The van der Waals surface area contributed by atoms with Crippen LogP contribution in [0.5, 0.6) is 0 Å². The van der Waals surface area contributed by atoms with Crippen LogP contribution < -0.4 is 0 Å². The molecule has 0 saturated carbocycles. The van der Waals surface area contributed by atoms with E-state index in [9.17, 15) is 10.2 Å². The standard InChI is InChI=1S/C11H23NO2/c1-7(2)9(5)11(14)12(6)10(13)8(3)4/h7-8,10,13-14H,1-6H3/b11-9+. The Morgan fingerprint density at radius 3 is 1.86 bits per heavy atom. The van der Waals surface area contributed by atoms with Crippen LogP contribution in [-0.4, -0.2) is 28.4 Å². The fourth-order valence-corrected chi connectivity index (χ4v) is 1.11. The van der Waals surface area contributed by atoms with E-state index in [-0.39, 0.29) is 17.7 Å². The molecular weight excluding hydrogens is 178 g/mol. The molecule has 0 heterocycles. The number of nitrogens with zero attached hydrogens (tertiary/aromatic N) is 1. The molecule has 2 N–H and O–H groups in total. The van der Waals surface area contributed by atoms with Gasteiger partial charge < -0.3 is 15.1 Å². The van der Waals surface area contributed by atoms with Crippen molar-refractivity contribution in [3.63, 3.8) is 0 Å². The summed E-state index contributed by atoms with van der Waals surface area (Å²) in [6.45, 7) is 9.74. The van der Waals surface area contributed by atoms with E-state index < -0.39 is 6.23 Å². The SMILES string of the molecule is C/C(=C(\O)N(C)C(O)C(C)C)C(C)C. The molecule has 84 valence electrons. The molecule has 0 bridgehead atoms. The van der Waals surface area contributed by atoms with Crippen LogP contribution in [0.2, 0.25) is 0 Å². The molecule has 3 nitrogen and oxygen atoms in total. The summed E-state index contributed by atoms with van der Waals surface area (Å²) in [5.41, 5.74) is 0.896. The lowest BCUT2D eigenvalue weighted by molar-refractivity contribution is -0.0198. The summed E-state index contributed by atoms with van der Waals surface area (Å²) in [6.07, 6.45) is -0.635. The average Bonchev–Trinajstić information content (AvgIpc) is 2.12. The summed E-state index contributed by atoms with van der Waals surface area (Å²) >= 11 is 0. The second-order valence-corrected chi connectivity index (χ2v) is 4.43. The third kappa shape index (κ3) is 3.22. The first kappa shape index (κ1) is 13.3. The smallest absolute Gasteiger partial charge is 0.187 e. The van der Waals surface area contributed by atoms with Crippen LogP contribution in [0, 0.1) is 11.8 Å². The van der Waals surface area contributed by atoms with Crippen LogP contribution >= 0.6 is 0 Å². The minimum absolute atomic E-state index is 0.0992. The van der Waals surface area contributed by atoms with Crippen LogP contribution in [0.3, 0.4) is 0 Å². The monoisotopic (exact) mass is 201 g/mol. The van der Waals surface area contributed by atoms with Crippen LogP contribution in [0.15, 0.2) is 11.5 Å². The van der Waals surface area contributed by atoms with Crippen molar-refractivity contribution in [3.05, 3.63) is 11.5 Å². The molecule has 1 unspecified atom stereocenters. The summed E-state index contributed by atoms with van der Waals surface area (Å²) in [5.74, 6) is 0.570. The molecule has 0 aromatic heterocycles. The second kappa shape index (κ2) is 5.25. The fourth-order valence-electron chi connectivity index (χ4n) is 1.11. The Bertz CT molecular complexity index is 209. The van der Waals surface area contributed by atoms with Crippen molar-refractivity contribution in [2.75, 3.05) is 7.05 Å². The summed E-state index contributed by atoms with van der Waals surface area (Å²) in [7, 11) is 1.70. The van der Waals surface area contributed by atoms with E-state index >= 15 is 0 Å². The Balaban J connectivity index is 4.68. The van der Waals surface area contributed by atoms with E-state index in [0.717, 1.165) is 5.57 Å². The first-order chi connectivity index (χ1) is 6.29. The zero-order chi connectivity index (χ0) is 11.5. The predicted octanol–water partition coefficient (Wildman–Crippen LogP) is 2.34. The van der Waals surface area contributed by atoms with Crippen molar-refractivity contribution in [2.45, 2.75) is 40.8 Å². The Morgan fingerprint density at radius 2 is 1.57 bits per heavy atom. The van der Waals surface area contributed by atoms with Gasteiger partial charge in [0, 0.05) is 7.05 Å². The van der Waals surface area contributed by atoms with Crippen molar-refractivity contribution in [3.8, 4) is 0 Å². The lowest BCUT2D eigenvalue weighted by Gasteiger charge is -2.29. The highest BCUT2D eigenvalue weighted by molar-refractivity contribution is 5.06. The van der Waals surface area contributed by atoms with Crippen LogP contribution in [0.1, 0.15) is 34.6 Å².